The van der Waals surface area contributed by atoms with E-state index in [-0.39, 0.29) is 5.69 Å². The number of pyridine rings is 1. The molecule has 0 N–H and O–H groups in total. The molecule has 7 heteroatoms. The molecule has 27 heavy (non-hydrogen) atoms. The number of piperidine rings is 1. The van der Waals surface area contributed by atoms with Gasteiger partial charge in [-0.3, -0.25) is 9.13 Å². The number of hydrogen-bond donors (Lipinski definition) is 0. The van der Waals surface area contributed by atoms with Crippen LogP contribution < -0.4 is 10.6 Å². The number of aromatic nitrogens is 5. The second kappa shape index (κ2) is 7.13. The van der Waals surface area contributed by atoms with Gasteiger partial charge in [-0.05, 0) is 51.7 Å². The van der Waals surface area contributed by atoms with Crippen LogP contribution >= 0.6 is 0 Å². The Morgan fingerprint density at radius 3 is 2.63 bits per heavy atom. The molecule has 4 rings (SSSR count). The van der Waals surface area contributed by atoms with Gasteiger partial charge in [-0.2, -0.15) is 0 Å². The first-order valence-electron chi connectivity index (χ1n) is 9.67. The topological polar surface area (TPSA) is 68.8 Å². The third-order valence-electron chi connectivity index (χ3n) is 5.75. The molecule has 0 aliphatic carbocycles. The van der Waals surface area contributed by atoms with Crippen LogP contribution in [0.3, 0.4) is 0 Å². The molecular formula is C20H26N6O. The van der Waals surface area contributed by atoms with Crippen molar-refractivity contribution in [2.24, 2.45) is 5.92 Å². The van der Waals surface area contributed by atoms with Crippen molar-refractivity contribution in [2.75, 3.05) is 18.0 Å². The zero-order chi connectivity index (χ0) is 19.0. The Kier molecular flexibility index (Phi) is 4.68. The second-order valence-corrected chi connectivity index (χ2v) is 7.32. The summed E-state index contributed by atoms with van der Waals surface area (Å²) in [6.07, 6.45) is 5.50. The number of hydrogen-bond acceptors (Lipinski definition) is 5. The van der Waals surface area contributed by atoms with E-state index in [0.717, 1.165) is 60.7 Å². The van der Waals surface area contributed by atoms with E-state index in [1.54, 1.807) is 12.5 Å². The fraction of sp³-hybridized carbons (Fsp3) is 0.500. The molecule has 3 aromatic rings. The summed E-state index contributed by atoms with van der Waals surface area (Å²) in [5, 5.41) is 0. The van der Waals surface area contributed by atoms with Gasteiger partial charge in [-0.15, -0.1) is 0 Å². The highest BCUT2D eigenvalue weighted by molar-refractivity contribution is 5.71. The van der Waals surface area contributed by atoms with E-state index >= 15 is 0 Å². The van der Waals surface area contributed by atoms with Gasteiger partial charge < -0.3 is 4.90 Å². The lowest BCUT2D eigenvalue weighted by atomic mass is 9.96. The normalized spacial score (nSPS) is 15.6. The molecule has 0 unspecified atom stereocenters. The molecule has 0 saturated carbocycles. The SMILES string of the molecule is CCn1c(=O)n(CC2CCN(c3ncnc(C)c3C)CC2)c2ncccc21. The maximum Gasteiger partial charge on any atom is 0.330 e. The Morgan fingerprint density at radius 1 is 1.11 bits per heavy atom. The van der Waals surface area contributed by atoms with Crippen molar-refractivity contribution >= 4 is 17.0 Å². The molecule has 0 radical (unpaired) electrons. The highest BCUT2D eigenvalue weighted by atomic mass is 16.1. The Labute approximate surface area is 158 Å². The number of fused-ring (bicyclic) bond motifs is 1. The summed E-state index contributed by atoms with van der Waals surface area (Å²) < 4.78 is 3.67. The minimum Gasteiger partial charge on any atom is -0.356 e. The molecular weight excluding hydrogens is 340 g/mol. The summed E-state index contributed by atoms with van der Waals surface area (Å²) >= 11 is 0. The van der Waals surface area contributed by atoms with E-state index in [2.05, 4.69) is 26.8 Å². The second-order valence-electron chi connectivity index (χ2n) is 7.32. The summed E-state index contributed by atoms with van der Waals surface area (Å²) in [5.74, 6) is 1.52. The fourth-order valence-electron chi connectivity index (χ4n) is 4.05. The van der Waals surface area contributed by atoms with Crippen molar-refractivity contribution in [3.05, 3.63) is 46.4 Å². The summed E-state index contributed by atoms with van der Waals surface area (Å²) in [7, 11) is 0. The van der Waals surface area contributed by atoms with Crippen LogP contribution in [0.4, 0.5) is 5.82 Å². The molecule has 1 saturated heterocycles. The van der Waals surface area contributed by atoms with Crippen molar-refractivity contribution in [3.63, 3.8) is 0 Å². The lowest BCUT2D eigenvalue weighted by molar-refractivity contribution is 0.353. The minimum absolute atomic E-state index is 0.0518. The van der Waals surface area contributed by atoms with Crippen LogP contribution in [0, 0.1) is 19.8 Å². The van der Waals surface area contributed by atoms with Crippen molar-refractivity contribution < 1.29 is 0 Å². The molecule has 0 amide bonds. The van der Waals surface area contributed by atoms with E-state index in [0.29, 0.717) is 12.5 Å². The van der Waals surface area contributed by atoms with Gasteiger partial charge in [0.15, 0.2) is 5.65 Å². The maximum absolute atomic E-state index is 12.8. The third-order valence-corrected chi connectivity index (χ3v) is 5.75. The molecule has 4 heterocycles. The van der Waals surface area contributed by atoms with Gasteiger partial charge in [-0.1, -0.05) is 0 Å². The Morgan fingerprint density at radius 2 is 1.89 bits per heavy atom. The van der Waals surface area contributed by atoms with E-state index < -0.39 is 0 Å². The molecule has 142 valence electrons. The molecule has 0 spiro atoms. The van der Waals surface area contributed by atoms with E-state index in [1.165, 1.54) is 0 Å². The van der Waals surface area contributed by atoms with Gasteiger partial charge in [0.05, 0.1) is 5.52 Å². The van der Waals surface area contributed by atoms with Crippen molar-refractivity contribution in [3.8, 4) is 0 Å². The zero-order valence-corrected chi connectivity index (χ0v) is 16.2. The lowest BCUT2D eigenvalue weighted by Gasteiger charge is -2.33. The molecule has 1 fully saturated rings. The van der Waals surface area contributed by atoms with Crippen molar-refractivity contribution in [2.45, 2.75) is 46.7 Å². The highest BCUT2D eigenvalue weighted by Crippen LogP contribution is 2.26. The lowest BCUT2D eigenvalue weighted by Crippen LogP contribution is -2.37. The van der Waals surface area contributed by atoms with E-state index in [1.807, 2.05) is 35.1 Å². The molecule has 0 bridgehead atoms. The number of rotatable bonds is 4. The van der Waals surface area contributed by atoms with Crippen LogP contribution in [0.1, 0.15) is 31.0 Å². The van der Waals surface area contributed by atoms with E-state index in [9.17, 15) is 4.79 Å². The van der Waals surface area contributed by atoms with Gasteiger partial charge in [0.25, 0.3) is 0 Å². The van der Waals surface area contributed by atoms with Crippen LogP contribution in [-0.4, -0.2) is 37.2 Å². The number of anilines is 1. The Bertz CT molecular complexity index is 1010. The first-order valence-corrected chi connectivity index (χ1v) is 9.67. The molecule has 0 atom stereocenters. The summed E-state index contributed by atoms with van der Waals surface area (Å²) in [5.41, 5.74) is 3.97. The van der Waals surface area contributed by atoms with Gasteiger partial charge in [-0.25, -0.2) is 19.7 Å². The highest BCUT2D eigenvalue weighted by Gasteiger charge is 2.24. The first-order chi connectivity index (χ1) is 13.1. The smallest absolute Gasteiger partial charge is 0.330 e. The van der Waals surface area contributed by atoms with Crippen molar-refractivity contribution in [1.29, 1.82) is 0 Å². The zero-order valence-electron chi connectivity index (χ0n) is 16.2. The van der Waals surface area contributed by atoms with Crippen LogP contribution in [-0.2, 0) is 13.1 Å². The van der Waals surface area contributed by atoms with Crippen LogP contribution in [0.15, 0.2) is 29.5 Å². The van der Waals surface area contributed by atoms with E-state index in [4.69, 9.17) is 0 Å². The standard InChI is InChI=1S/C20H26N6O/c1-4-25-17-6-5-9-21-19(17)26(20(25)27)12-16-7-10-24(11-8-16)18-14(2)15(3)22-13-23-18/h5-6,9,13,16H,4,7-8,10-12H2,1-3H3. The maximum atomic E-state index is 12.8. The fourth-order valence-corrected chi connectivity index (χ4v) is 4.05. The molecule has 1 aliphatic rings. The third kappa shape index (κ3) is 3.11. The molecule has 0 aromatic carbocycles. The largest absolute Gasteiger partial charge is 0.356 e. The van der Waals surface area contributed by atoms with Gasteiger partial charge in [0.1, 0.15) is 12.1 Å². The van der Waals surface area contributed by atoms with Crippen LogP contribution in [0.5, 0.6) is 0 Å². The number of aryl methyl sites for hydroxylation is 2. The van der Waals surface area contributed by atoms with Gasteiger partial charge in [0, 0.05) is 43.6 Å². The molecule has 7 nitrogen and oxygen atoms in total. The monoisotopic (exact) mass is 366 g/mol. The van der Waals surface area contributed by atoms with Gasteiger partial charge in [0.2, 0.25) is 0 Å². The number of nitrogens with zero attached hydrogens (tertiary/aromatic N) is 6. The summed E-state index contributed by atoms with van der Waals surface area (Å²) in [6, 6.07) is 3.87. The molecule has 3 aromatic heterocycles. The Hall–Kier alpha value is -2.70. The quantitative estimate of drug-likeness (QED) is 0.710. The molecule has 1 aliphatic heterocycles. The van der Waals surface area contributed by atoms with Crippen molar-refractivity contribution in [1.82, 2.24) is 24.1 Å². The van der Waals surface area contributed by atoms with Gasteiger partial charge >= 0.3 is 5.69 Å². The Balaban J connectivity index is 1.52. The first kappa shape index (κ1) is 17.7. The summed E-state index contributed by atoms with van der Waals surface area (Å²) in [6.45, 7) is 9.42. The average molecular weight is 366 g/mol. The minimum atomic E-state index is 0.0518. The van der Waals surface area contributed by atoms with Crippen LogP contribution in [0.2, 0.25) is 0 Å². The predicted molar refractivity (Wildman–Crippen MR) is 106 cm³/mol. The van der Waals surface area contributed by atoms with Crippen LogP contribution in [0.25, 0.3) is 11.2 Å². The predicted octanol–water partition coefficient (Wildman–Crippen LogP) is 2.54. The number of imidazole rings is 1. The summed E-state index contributed by atoms with van der Waals surface area (Å²) in [4.78, 5) is 28.4. The average Bonchev–Trinajstić information content (AvgIpc) is 2.96.